The second-order valence-electron chi connectivity index (χ2n) is 5.20. The molecule has 2 aromatic carbocycles. The molecular weight excluding hydrogens is 345 g/mol. The second-order valence-corrected chi connectivity index (χ2v) is 5.20. The van der Waals surface area contributed by atoms with Crippen LogP contribution in [0.15, 0.2) is 48.5 Å². The summed E-state index contributed by atoms with van der Waals surface area (Å²) in [5, 5.41) is 11.5. The smallest absolute Gasteiger partial charge is 0.416 e. The van der Waals surface area contributed by atoms with E-state index in [9.17, 15) is 18.0 Å². The molecular formula is C19H15F3N2O2. The maximum atomic E-state index is 12.7. The van der Waals surface area contributed by atoms with Crippen molar-refractivity contribution in [3.63, 3.8) is 0 Å². The van der Waals surface area contributed by atoms with Crippen LogP contribution < -0.4 is 10.1 Å². The van der Waals surface area contributed by atoms with Crippen molar-refractivity contribution in [1.82, 2.24) is 0 Å². The summed E-state index contributed by atoms with van der Waals surface area (Å²) in [5.41, 5.74) is 0.0985. The van der Waals surface area contributed by atoms with E-state index in [1.807, 2.05) is 6.07 Å². The normalized spacial score (nSPS) is 11.2. The number of hydrogen-bond acceptors (Lipinski definition) is 3. The zero-order valence-electron chi connectivity index (χ0n) is 13.8. The van der Waals surface area contributed by atoms with E-state index in [0.29, 0.717) is 23.6 Å². The van der Waals surface area contributed by atoms with Crippen LogP contribution in [-0.4, -0.2) is 12.5 Å². The number of nitrogens with one attached hydrogen (secondary N) is 1. The maximum absolute atomic E-state index is 12.7. The number of nitrogens with zero attached hydrogens (tertiary/aromatic N) is 1. The molecule has 4 nitrogen and oxygen atoms in total. The first-order chi connectivity index (χ1) is 12.3. The van der Waals surface area contributed by atoms with Gasteiger partial charge >= 0.3 is 6.18 Å². The molecule has 0 aliphatic heterocycles. The molecule has 0 aromatic heterocycles. The highest BCUT2D eigenvalue weighted by Crippen LogP contribution is 2.30. The van der Waals surface area contributed by atoms with Gasteiger partial charge in [-0.1, -0.05) is 12.1 Å². The molecule has 1 amide bonds. The summed E-state index contributed by atoms with van der Waals surface area (Å²) < 4.78 is 43.5. The SMILES string of the molecule is CCOc1ccc(C#N)cc1NC(=O)/C=C/c1cccc(C(F)(F)F)c1. The third kappa shape index (κ3) is 5.11. The summed E-state index contributed by atoms with van der Waals surface area (Å²) in [6, 6.07) is 11.2. The van der Waals surface area contributed by atoms with Gasteiger partial charge in [-0.2, -0.15) is 18.4 Å². The molecule has 0 saturated heterocycles. The number of nitriles is 1. The van der Waals surface area contributed by atoms with Gasteiger partial charge in [0.05, 0.1) is 29.5 Å². The lowest BCUT2D eigenvalue weighted by Gasteiger charge is -2.10. The Bertz CT molecular complexity index is 868. The van der Waals surface area contributed by atoms with Crippen molar-refractivity contribution in [3.05, 3.63) is 65.2 Å². The highest BCUT2D eigenvalue weighted by atomic mass is 19.4. The number of alkyl halides is 3. The predicted molar refractivity (Wildman–Crippen MR) is 91.4 cm³/mol. The standard InChI is InChI=1S/C19H15F3N2O2/c1-2-26-17-8-6-14(12-23)11-16(17)24-18(25)9-7-13-4-3-5-15(10-13)19(20,21)22/h3-11H,2H2,1H3,(H,24,25)/b9-7+. The summed E-state index contributed by atoms with van der Waals surface area (Å²) >= 11 is 0. The van der Waals surface area contributed by atoms with Crippen LogP contribution in [0.2, 0.25) is 0 Å². The lowest BCUT2D eigenvalue weighted by atomic mass is 10.1. The van der Waals surface area contributed by atoms with Crippen LogP contribution in [0.25, 0.3) is 6.08 Å². The molecule has 0 radical (unpaired) electrons. The van der Waals surface area contributed by atoms with Gasteiger partial charge in [0.25, 0.3) is 0 Å². The largest absolute Gasteiger partial charge is 0.492 e. The Balaban J connectivity index is 2.16. The number of halogens is 3. The Morgan fingerprint density at radius 3 is 2.69 bits per heavy atom. The van der Waals surface area contributed by atoms with E-state index in [2.05, 4.69) is 5.32 Å². The van der Waals surface area contributed by atoms with E-state index in [0.717, 1.165) is 18.2 Å². The topological polar surface area (TPSA) is 62.1 Å². The number of anilines is 1. The number of benzene rings is 2. The molecule has 2 rings (SSSR count). The lowest BCUT2D eigenvalue weighted by Crippen LogP contribution is -2.10. The molecule has 0 atom stereocenters. The number of carbonyl (C=O) groups excluding carboxylic acids is 1. The van der Waals surface area contributed by atoms with E-state index in [1.165, 1.54) is 24.3 Å². The molecule has 26 heavy (non-hydrogen) atoms. The summed E-state index contributed by atoms with van der Waals surface area (Å²) in [7, 11) is 0. The van der Waals surface area contributed by atoms with Crippen LogP contribution in [0.3, 0.4) is 0 Å². The van der Waals surface area contributed by atoms with Crippen LogP contribution in [-0.2, 0) is 11.0 Å². The van der Waals surface area contributed by atoms with Crippen LogP contribution in [0, 0.1) is 11.3 Å². The molecule has 0 saturated carbocycles. The first kappa shape index (κ1) is 19.1. The van der Waals surface area contributed by atoms with Crippen molar-refractivity contribution in [2.45, 2.75) is 13.1 Å². The van der Waals surface area contributed by atoms with Crippen molar-refractivity contribution in [2.75, 3.05) is 11.9 Å². The zero-order valence-corrected chi connectivity index (χ0v) is 13.8. The van der Waals surface area contributed by atoms with Crippen molar-refractivity contribution in [1.29, 1.82) is 5.26 Å². The van der Waals surface area contributed by atoms with Crippen LogP contribution >= 0.6 is 0 Å². The number of hydrogen-bond donors (Lipinski definition) is 1. The maximum Gasteiger partial charge on any atom is 0.416 e. The van der Waals surface area contributed by atoms with Crippen LogP contribution in [0.1, 0.15) is 23.6 Å². The first-order valence-electron chi connectivity index (χ1n) is 7.66. The molecule has 0 unspecified atom stereocenters. The third-order valence-corrected chi connectivity index (χ3v) is 3.31. The minimum absolute atomic E-state index is 0.241. The van der Waals surface area contributed by atoms with E-state index in [1.54, 1.807) is 19.1 Å². The Kier molecular flexibility index (Phi) is 6.02. The molecule has 0 bridgehead atoms. The van der Waals surface area contributed by atoms with Gasteiger partial charge in [-0.05, 0) is 48.9 Å². The third-order valence-electron chi connectivity index (χ3n) is 3.31. The number of amides is 1. The minimum Gasteiger partial charge on any atom is -0.492 e. The van der Waals surface area contributed by atoms with Crippen molar-refractivity contribution in [2.24, 2.45) is 0 Å². The van der Waals surface area contributed by atoms with Gasteiger partial charge in [0.1, 0.15) is 5.75 Å². The molecule has 0 aliphatic carbocycles. The molecule has 0 aliphatic rings. The average Bonchev–Trinajstić information content (AvgIpc) is 2.61. The summed E-state index contributed by atoms with van der Waals surface area (Å²) in [6.07, 6.45) is -2.06. The number of rotatable bonds is 5. The summed E-state index contributed by atoms with van der Waals surface area (Å²) in [4.78, 5) is 12.1. The van der Waals surface area contributed by atoms with Gasteiger partial charge in [0.15, 0.2) is 0 Å². The van der Waals surface area contributed by atoms with Crippen molar-refractivity contribution < 1.29 is 22.7 Å². The van der Waals surface area contributed by atoms with Gasteiger partial charge in [-0.3, -0.25) is 4.79 Å². The van der Waals surface area contributed by atoms with Gasteiger partial charge < -0.3 is 10.1 Å². The summed E-state index contributed by atoms with van der Waals surface area (Å²) in [6.45, 7) is 2.15. The number of carbonyl (C=O) groups is 1. The van der Waals surface area contributed by atoms with Crippen LogP contribution in [0.4, 0.5) is 18.9 Å². The van der Waals surface area contributed by atoms with E-state index in [4.69, 9.17) is 10.00 Å². The van der Waals surface area contributed by atoms with Gasteiger partial charge in [0.2, 0.25) is 5.91 Å². The second kappa shape index (κ2) is 8.21. The Morgan fingerprint density at radius 2 is 2.04 bits per heavy atom. The number of ether oxygens (including phenoxy) is 1. The Labute approximate surface area is 148 Å². The van der Waals surface area contributed by atoms with Gasteiger partial charge in [-0.15, -0.1) is 0 Å². The first-order valence-corrected chi connectivity index (χ1v) is 7.66. The van der Waals surface area contributed by atoms with E-state index in [-0.39, 0.29) is 5.56 Å². The van der Waals surface area contributed by atoms with Crippen LogP contribution in [0.5, 0.6) is 5.75 Å². The molecule has 0 spiro atoms. The van der Waals surface area contributed by atoms with Crippen molar-refractivity contribution >= 4 is 17.7 Å². The molecule has 0 heterocycles. The predicted octanol–water partition coefficient (Wildman–Crippen LogP) is 4.63. The van der Waals surface area contributed by atoms with E-state index >= 15 is 0 Å². The average molecular weight is 360 g/mol. The molecule has 1 N–H and O–H groups in total. The quantitative estimate of drug-likeness (QED) is 0.791. The fourth-order valence-electron chi connectivity index (χ4n) is 2.14. The Morgan fingerprint density at radius 1 is 1.27 bits per heavy atom. The monoisotopic (exact) mass is 360 g/mol. The van der Waals surface area contributed by atoms with Crippen molar-refractivity contribution in [3.8, 4) is 11.8 Å². The lowest BCUT2D eigenvalue weighted by molar-refractivity contribution is -0.137. The fraction of sp³-hybridized carbons (Fsp3) is 0.158. The molecule has 2 aromatic rings. The highest BCUT2D eigenvalue weighted by molar-refractivity contribution is 6.02. The molecule has 134 valence electrons. The minimum atomic E-state index is -4.45. The van der Waals surface area contributed by atoms with Gasteiger partial charge in [-0.25, -0.2) is 0 Å². The zero-order chi connectivity index (χ0) is 19.2. The highest BCUT2D eigenvalue weighted by Gasteiger charge is 2.30. The summed E-state index contributed by atoms with van der Waals surface area (Å²) in [5.74, 6) is -0.161. The van der Waals surface area contributed by atoms with Gasteiger partial charge in [0, 0.05) is 6.08 Å². The molecule has 0 fully saturated rings. The molecule has 7 heteroatoms. The Hall–Kier alpha value is -3.27. The fourth-order valence-corrected chi connectivity index (χ4v) is 2.14. The van der Waals surface area contributed by atoms with E-state index < -0.39 is 17.6 Å².